The van der Waals surface area contributed by atoms with Gasteiger partial charge in [0.2, 0.25) is 5.91 Å². The van der Waals surface area contributed by atoms with Gasteiger partial charge in [-0.15, -0.1) is 11.3 Å². The van der Waals surface area contributed by atoms with Crippen molar-refractivity contribution < 1.29 is 17.9 Å². The number of hydrogen-bond acceptors (Lipinski definition) is 5. The van der Waals surface area contributed by atoms with Crippen LogP contribution in [0.4, 0.5) is 0 Å². The summed E-state index contributed by atoms with van der Waals surface area (Å²) in [6.07, 6.45) is 1.19. The average Bonchev–Trinajstić information content (AvgIpc) is 3.32. The molecule has 1 amide bonds. The van der Waals surface area contributed by atoms with Crippen LogP contribution in [0.5, 0.6) is 5.75 Å². The van der Waals surface area contributed by atoms with Gasteiger partial charge in [0.25, 0.3) is 10.0 Å². The van der Waals surface area contributed by atoms with Gasteiger partial charge in [0.1, 0.15) is 16.0 Å². The molecule has 152 valence electrons. The van der Waals surface area contributed by atoms with Crippen LogP contribution in [0.2, 0.25) is 0 Å². The van der Waals surface area contributed by atoms with Crippen LogP contribution < -0.4 is 10.1 Å². The highest BCUT2D eigenvalue weighted by Crippen LogP contribution is 2.32. The fourth-order valence-electron chi connectivity index (χ4n) is 3.25. The number of sulfonamides is 1. The van der Waals surface area contributed by atoms with Gasteiger partial charge in [-0.2, -0.15) is 4.31 Å². The van der Waals surface area contributed by atoms with Crippen molar-refractivity contribution >= 4 is 43.2 Å². The van der Waals surface area contributed by atoms with Gasteiger partial charge in [-0.1, -0.05) is 12.1 Å². The highest BCUT2D eigenvalue weighted by atomic mass is 79.9. The number of hydrogen-bond donors (Lipinski definition) is 1. The smallest absolute Gasteiger partial charge is 0.253 e. The summed E-state index contributed by atoms with van der Waals surface area (Å²) in [6, 6.07) is 9.90. The number of ether oxygens (including phenoxy) is 1. The third kappa shape index (κ3) is 4.59. The lowest BCUT2D eigenvalue weighted by molar-refractivity contribution is -0.124. The first-order valence-electron chi connectivity index (χ1n) is 9.13. The molecule has 0 spiro atoms. The number of amides is 1. The summed E-state index contributed by atoms with van der Waals surface area (Å²) in [6.45, 7) is 4.76. The molecular weight excluding hydrogens is 464 g/mol. The molecule has 9 heteroatoms. The molecule has 1 aliphatic heterocycles. The Bertz CT molecular complexity index is 928. The number of nitrogens with zero attached hydrogens (tertiary/aromatic N) is 1. The fourth-order valence-corrected chi connectivity index (χ4v) is 7.05. The Morgan fingerprint density at radius 2 is 2.04 bits per heavy atom. The Balaban J connectivity index is 1.70. The molecule has 28 heavy (non-hydrogen) atoms. The van der Waals surface area contributed by atoms with Crippen molar-refractivity contribution in [1.82, 2.24) is 9.62 Å². The molecular formula is C19H23BrN2O4S2. The summed E-state index contributed by atoms with van der Waals surface area (Å²) in [4.78, 5) is 12.8. The molecule has 6 nitrogen and oxygen atoms in total. The third-order valence-electron chi connectivity index (χ3n) is 4.67. The number of benzene rings is 1. The van der Waals surface area contributed by atoms with E-state index in [-0.39, 0.29) is 16.2 Å². The molecule has 0 radical (unpaired) electrons. The number of carbonyl (C=O) groups excluding carboxylic acids is 1. The summed E-state index contributed by atoms with van der Waals surface area (Å²) in [7, 11) is -3.68. The first-order valence-corrected chi connectivity index (χ1v) is 12.2. The van der Waals surface area contributed by atoms with E-state index in [0.717, 1.165) is 26.4 Å². The molecule has 2 unspecified atom stereocenters. The molecule has 0 aliphatic carbocycles. The maximum absolute atomic E-state index is 12.9. The molecule has 2 atom stereocenters. The second kappa shape index (κ2) is 8.94. The van der Waals surface area contributed by atoms with E-state index < -0.39 is 16.1 Å². The van der Waals surface area contributed by atoms with Crippen molar-refractivity contribution in [1.29, 1.82) is 0 Å². The SMILES string of the molecule is CCOc1ccc(C(C)NC(=O)C2CCCN2S(=O)(=O)c2ccc(Br)s2)cc1. The van der Waals surface area contributed by atoms with Crippen molar-refractivity contribution in [3.8, 4) is 5.75 Å². The normalized spacial score (nSPS) is 18.8. The Morgan fingerprint density at radius 3 is 2.64 bits per heavy atom. The van der Waals surface area contributed by atoms with Gasteiger partial charge >= 0.3 is 0 Å². The van der Waals surface area contributed by atoms with E-state index >= 15 is 0 Å². The molecule has 1 aromatic carbocycles. The predicted octanol–water partition coefficient (Wildman–Crippen LogP) is 3.94. The van der Waals surface area contributed by atoms with E-state index in [1.54, 1.807) is 12.1 Å². The molecule has 2 aromatic rings. The zero-order chi connectivity index (χ0) is 20.3. The highest BCUT2D eigenvalue weighted by Gasteiger charge is 2.40. The van der Waals surface area contributed by atoms with Crippen LogP contribution in [0.1, 0.15) is 38.3 Å². The van der Waals surface area contributed by atoms with E-state index in [0.29, 0.717) is 26.0 Å². The maximum Gasteiger partial charge on any atom is 0.253 e. The van der Waals surface area contributed by atoms with Crippen LogP contribution in [-0.4, -0.2) is 37.8 Å². The Morgan fingerprint density at radius 1 is 1.32 bits per heavy atom. The molecule has 1 fully saturated rings. The number of halogens is 1. The van der Waals surface area contributed by atoms with E-state index in [1.165, 1.54) is 4.31 Å². The van der Waals surface area contributed by atoms with E-state index in [4.69, 9.17) is 4.74 Å². The van der Waals surface area contributed by atoms with Gasteiger partial charge in [-0.3, -0.25) is 4.79 Å². The Labute approximate surface area is 178 Å². The van der Waals surface area contributed by atoms with Gasteiger partial charge < -0.3 is 10.1 Å². The second-order valence-electron chi connectivity index (χ2n) is 6.56. The summed E-state index contributed by atoms with van der Waals surface area (Å²) in [5.74, 6) is 0.512. The van der Waals surface area contributed by atoms with Crippen LogP contribution in [0.15, 0.2) is 44.4 Å². The lowest BCUT2D eigenvalue weighted by Gasteiger charge is -2.24. The molecule has 1 aliphatic rings. The van der Waals surface area contributed by atoms with Crippen molar-refractivity contribution in [2.75, 3.05) is 13.2 Å². The van der Waals surface area contributed by atoms with Crippen molar-refractivity contribution in [2.45, 2.75) is 43.0 Å². The maximum atomic E-state index is 12.9. The topological polar surface area (TPSA) is 75.7 Å². The van der Waals surface area contributed by atoms with Crippen LogP contribution in [-0.2, 0) is 14.8 Å². The zero-order valence-electron chi connectivity index (χ0n) is 15.7. The Kier molecular flexibility index (Phi) is 6.80. The number of thiophene rings is 1. The van der Waals surface area contributed by atoms with Crippen molar-refractivity contribution in [3.63, 3.8) is 0 Å². The van der Waals surface area contributed by atoms with E-state index in [1.807, 2.05) is 38.1 Å². The predicted molar refractivity (Wildman–Crippen MR) is 113 cm³/mol. The molecule has 1 aromatic heterocycles. The van der Waals surface area contributed by atoms with Crippen LogP contribution in [0, 0.1) is 0 Å². The van der Waals surface area contributed by atoms with Crippen LogP contribution in [0.25, 0.3) is 0 Å². The standard InChI is InChI=1S/C19H23BrN2O4S2/c1-3-26-15-8-6-14(7-9-15)13(2)21-19(23)16-5-4-12-22(16)28(24,25)18-11-10-17(20)27-18/h6-11,13,16H,3-5,12H2,1-2H3,(H,21,23). The molecule has 0 bridgehead atoms. The molecule has 1 saturated heterocycles. The second-order valence-corrected chi connectivity index (χ2v) is 11.1. The molecule has 2 heterocycles. The van der Waals surface area contributed by atoms with Crippen molar-refractivity contribution in [3.05, 3.63) is 45.7 Å². The third-order valence-corrected chi connectivity index (χ3v) is 8.67. The minimum atomic E-state index is -3.68. The molecule has 1 N–H and O–H groups in total. The number of rotatable bonds is 7. The largest absolute Gasteiger partial charge is 0.494 e. The van der Waals surface area contributed by atoms with E-state index in [2.05, 4.69) is 21.2 Å². The quantitative estimate of drug-likeness (QED) is 0.642. The van der Waals surface area contributed by atoms with Gasteiger partial charge in [-0.25, -0.2) is 8.42 Å². The van der Waals surface area contributed by atoms with Gasteiger partial charge in [0.05, 0.1) is 16.4 Å². The average molecular weight is 487 g/mol. The zero-order valence-corrected chi connectivity index (χ0v) is 18.9. The molecule has 0 saturated carbocycles. The number of nitrogens with one attached hydrogen (secondary N) is 1. The van der Waals surface area contributed by atoms with E-state index in [9.17, 15) is 13.2 Å². The molecule has 3 rings (SSSR count). The van der Waals surface area contributed by atoms with Gasteiger partial charge in [0.15, 0.2) is 0 Å². The van der Waals surface area contributed by atoms with Crippen molar-refractivity contribution in [2.24, 2.45) is 0 Å². The summed E-state index contributed by atoms with van der Waals surface area (Å²) in [5.41, 5.74) is 0.936. The summed E-state index contributed by atoms with van der Waals surface area (Å²) in [5, 5.41) is 2.96. The Hall–Kier alpha value is -1.42. The lowest BCUT2D eigenvalue weighted by atomic mass is 10.1. The van der Waals surface area contributed by atoms with Gasteiger partial charge in [-0.05, 0) is 72.4 Å². The minimum Gasteiger partial charge on any atom is -0.494 e. The monoisotopic (exact) mass is 486 g/mol. The first kappa shape index (κ1) is 21.3. The summed E-state index contributed by atoms with van der Waals surface area (Å²) < 4.78 is 33.6. The van der Waals surface area contributed by atoms with Gasteiger partial charge in [0, 0.05) is 6.54 Å². The fraction of sp³-hybridized carbons (Fsp3) is 0.421. The van der Waals surface area contributed by atoms with Crippen LogP contribution >= 0.6 is 27.3 Å². The minimum absolute atomic E-state index is 0.232. The van der Waals surface area contributed by atoms with Crippen LogP contribution in [0.3, 0.4) is 0 Å². The highest BCUT2D eigenvalue weighted by molar-refractivity contribution is 9.11. The lowest BCUT2D eigenvalue weighted by Crippen LogP contribution is -2.46. The number of carbonyl (C=O) groups is 1. The summed E-state index contributed by atoms with van der Waals surface area (Å²) >= 11 is 4.45. The first-order chi connectivity index (χ1) is 13.3.